The average Bonchev–Trinajstić information content (AvgIpc) is 3.24. The van der Waals surface area contributed by atoms with Crippen molar-refractivity contribution >= 4 is 38.4 Å². The fourth-order valence-corrected chi connectivity index (χ4v) is 5.45. The highest BCUT2D eigenvalue weighted by Crippen LogP contribution is 2.33. The number of rotatable bonds is 4. The molecule has 0 aromatic heterocycles. The van der Waals surface area contributed by atoms with Crippen LogP contribution in [0.5, 0.6) is 5.75 Å². The zero-order valence-electron chi connectivity index (χ0n) is 16.6. The number of aromatic hydroxyl groups is 1. The van der Waals surface area contributed by atoms with Gasteiger partial charge in [0.1, 0.15) is 5.75 Å². The molecule has 4 aromatic carbocycles. The van der Waals surface area contributed by atoms with Gasteiger partial charge >= 0.3 is 0 Å². The SMILES string of the molecule is O=S(=O)(c1ccc(N=Cc2c(O)ccc3ccccc23)cc1)N1CCc2ccccc21. The van der Waals surface area contributed by atoms with E-state index in [4.69, 9.17) is 0 Å². The summed E-state index contributed by atoms with van der Waals surface area (Å²) < 4.78 is 27.7. The Kier molecular flexibility index (Phi) is 4.71. The maximum atomic E-state index is 13.1. The van der Waals surface area contributed by atoms with Crippen LogP contribution < -0.4 is 4.31 Å². The van der Waals surface area contributed by atoms with Crippen LogP contribution in [0.1, 0.15) is 11.1 Å². The van der Waals surface area contributed by atoms with Crippen molar-refractivity contribution in [1.82, 2.24) is 0 Å². The standard InChI is InChI=1S/C25H20N2O3S/c28-25-14-9-18-5-1-3-7-22(18)23(25)17-26-20-10-12-21(13-11-20)31(29,30)27-16-15-19-6-2-4-8-24(19)27/h1-14,17,28H,15-16H2. The van der Waals surface area contributed by atoms with E-state index in [-0.39, 0.29) is 10.6 Å². The van der Waals surface area contributed by atoms with Gasteiger partial charge in [0, 0.05) is 18.3 Å². The monoisotopic (exact) mass is 428 g/mol. The Balaban J connectivity index is 1.43. The minimum absolute atomic E-state index is 0.148. The van der Waals surface area contributed by atoms with E-state index in [1.54, 1.807) is 36.5 Å². The van der Waals surface area contributed by atoms with Crippen molar-refractivity contribution in [2.24, 2.45) is 4.99 Å². The quantitative estimate of drug-likeness (QED) is 0.463. The smallest absolute Gasteiger partial charge is 0.264 e. The second kappa shape index (κ2) is 7.56. The van der Waals surface area contributed by atoms with Gasteiger partial charge in [0.25, 0.3) is 10.0 Å². The lowest BCUT2D eigenvalue weighted by Crippen LogP contribution is -2.29. The third-order valence-corrected chi connectivity index (χ3v) is 7.39. The summed E-state index contributed by atoms with van der Waals surface area (Å²) in [5, 5.41) is 12.2. The zero-order chi connectivity index (χ0) is 21.4. The van der Waals surface area contributed by atoms with Gasteiger partial charge in [-0.05, 0) is 59.2 Å². The van der Waals surface area contributed by atoms with E-state index in [9.17, 15) is 13.5 Å². The number of phenols is 1. The fraction of sp³-hybridized carbons (Fsp3) is 0.0800. The number of phenolic OH excluding ortho intramolecular Hbond substituents is 1. The lowest BCUT2D eigenvalue weighted by atomic mass is 10.0. The molecule has 0 spiro atoms. The summed E-state index contributed by atoms with van der Waals surface area (Å²) in [6.45, 7) is 0.446. The molecule has 0 radical (unpaired) electrons. The Morgan fingerprint density at radius 2 is 1.61 bits per heavy atom. The second-order valence-corrected chi connectivity index (χ2v) is 9.29. The number of hydrogen-bond acceptors (Lipinski definition) is 4. The molecular weight excluding hydrogens is 408 g/mol. The number of fused-ring (bicyclic) bond motifs is 2. The predicted molar refractivity (Wildman–Crippen MR) is 124 cm³/mol. The summed E-state index contributed by atoms with van der Waals surface area (Å²) in [6.07, 6.45) is 2.32. The summed E-state index contributed by atoms with van der Waals surface area (Å²) >= 11 is 0. The first-order valence-electron chi connectivity index (χ1n) is 9.99. The molecule has 1 aliphatic rings. The van der Waals surface area contributed by atoms with Crippen molar-refractivity contribution < 1.29 is 13.5 Å². The van der Waals surface area contributed by atoms with Gasteiger partial charge in [0.2, 0.25) is 0 Å². The van der Waals surface area contributed by atoms with E-state index in [2.05, 4.69) is 4.99 Å². The van der Waals surface area contributed by atoms with Crippen molar-refractivity contribution in [3.8, 4) is 5.75 Å². The Hall–Kier alpha value is -3.64. The lowest BCUT2D eigenvalue weighted by Gasteiger charge is -2.19. The van der Waals surface area contributed by atoms with Crippen molar-refractivity contribution in [2.45, 2.75) is 11.3 Å². The van der Waals surface area contributed by atoms with E-state index in [0.717, 1.165) is 22.0 Å². The molecule has 1 N–H and O–H groups in total. The molecule has 0 bridgehead atoms. The molecule has 1 aliphatic heterocycles. The molecule has 6 heteroatoms. The van der Waals surface area contributed by atoms with E-state index in [1.807, 2.05) is 54.6 Å². The first-order chi connectivity index (χ1) is 15.0. The molecule has 4 aromatic rings. The minimum atomic E-state index is -3.63. The van der Waals surface area contributed by atoms with E-state index < -0.39 is 10.0 Å². The molecule has 0 saturated heterocycles. The van der Waals surface area contributed by atoms with Crippen molar-refractivity contribution in [3.05, 3.63) is 96.1 Å². The van der Waals surface area contributed by atoms with Gasteiger partial charge in [0.05, 0.1) is 16.3 Å². The maximum Gasteiger partial charge on any atom is 0.264 e. The highest BCUT2D eigenvalue weighted by Gasteiger charge is 2.30. The third-order valence-electron chi connectivity index (χ3n) is 5.56. The number of hydrogen-bond donors (Lipinski definition) is 1. The number of anilines is 1. The molecule has 1 heterocycles. The molecule has 0 aliphatic carbocycles. The van der Waals surface area contributed by atoms with Gasteiger partial charge in [-0.25, -0.2) is 8.42 Å². The largest absolute Gasteiger partial charge is 0.507 e. The van der Waals surface area contributed by atoms with Crippen LogP contribution in [-0.2, 0) is 16.4 Å². The summed E-state index contributed by atoms with van der Waals surface area (Å²) in [7, 11) is -3.63. The predicted octanol–water partition coefficient (Wildman–Crippen LogP) is 5.05. The molecule has 0 atom stereocenters. The third kappa shape index (κ3) is 3.45. The number of sulfonamides is 1. The molecule has 0 unspecified atom stereocenters. The Bertz CT molecular complexity index is 1410. The Morgan fingerprint density at radius 3 is 2.45 bits per heavy atom. The van der Waals surface area contributed by atoms with Crippen molar-refractivity contribution in [1.29, 1.82) is 0 Å². The van der Waals surface area contributed by atoms with Crippen LogP contribution in [0, 0.1) is 0 Å². The van der Waals surface area contributed by atoms with Gasteiger partial charge in [-0.1, -0.05) is 48.5 Å². The molecule has 0 fully saturated rings. The number of para-hydroxylation sites is 1. The van der Waals surface area contributed by atoms with E-state index in [0.29, 0.717) is 24.2 Å². The summed E-state index contributed by atoms with van der Waals surface area (Å²) in [4.78, 5) is 4.68. The summed E-state index contributed by atoms with van der Waals surface area (Å²) in [6, 6.07) is 25.4. The highest BCUT2D eigenvalue weighted by atomic mass is 32.2. The normalized spacial score (nSPS) is 13.7. The van der Waals surface area contributed by atoms with Crippen LogP contribution >= 0.6 is 0 Å². The van der Waals surface area contributed by atoms with E-state index >= 15 is 0 Å². The highest BCUT2D eigenvalue weighted by molar-refractivity contribution is 7.92. The molecule has 0 amide bonds. The van der Waals surface area contributed by atoms with Gasteiger partial charge in [-0.3, -0.25) is 9.30 Å². The number of benzene rings is 4. The van der Waals surface area contributed by atoms with Crippen molar-refractivity contribution in [3.63, 3.8) is 0 Å². The first kappa shape index (κ1) is 19.3. The average molecular weight is 429 g/mol. The molecule has 5 rings (SSSR count). The molecule has 31 heavy (non-hydrogen) atoms. The van der Waals surface area contributed by atoms with Crippen LogP contribution in [0.2, 0.25) is 0 Å². The maximum absolute atomic E-state index is 13.1. The first-order valence-corrected chi connectivity index (χ1v) is 11.4. The van der Waals surface area contributed by atoms with Gasteiger partial charge in [-0.2, -0.15) is 0 Å². The second-order valence-electron chi connectivity index (χ2n) is 7.43. The molecular formula is C25H20N2O3S. The van der Waals surface area contributed by atoms with E-state index in [1.165, 1.54) is 4.31 Å². The van der Waals surface area contributed by atoms with Crippen LogP contribution in [0.3, 0.4) is 0 Å². The van der Waals surface area contributed by atoms with Crippen LogP contribution in [0.15, 0.2) is 94.8 Å². The van der Waals surface area contributed by atoms with Crippen LogP contribution in [0.25, 0.3) is 10.8 Å². The molecule has 0 saturated carbocycles. The summed E-state index contributed by atoms with van der Waals surface area (Å²) in [5.74, 6) is 0.148. The number of aliphatic imine (C=N–C) groups is 1. The molecule has 5 nitrogen and oxygen atoms in total. The van der Waals surface area contributed by atoms with Crippen LogP contribution in [-0.4, -0.2) is 26.3 Å². The number of nitrogens with zero attached hydrogens (tertiary/aromatic N) is 2. The minimum Gasteiger partial charge on any atom is -0.507 e. The van der Waals surface area contributed by atoms with Gasteiger partial charge in [-0.15, -0.1) is 0 Å². The molecule has 154 valence electrons. The Labute approximate surface area is 181 Å². The fourth-order valence-electron chi connectivity index (χ4n) is 3.95. The zero-order valence-corrected chi connectivity index (χ0v) is 17.5. The van der Waals surface area contributed by atoms with Crippen LogP contribution in [0.4, 0.5) is 11.4 Å². The van der Waals surface area contributed by atoms with Gasteiger partial charge < -0.3 is 5.11 Å². The van der Waals surface area contributed by atoms with Crippen molar-refractivity contribution in [2.75, 3.05) is 10.8 Å². The summed E-state index contributed by atoms with van der Waals surface area (Å²) in [5.41, 5.74) is 3.02. The topological polar surface area (TPSA) is 70.0 Å². The van der Waals surface area contributed by atoms with Gasteiger partial charge in [0.15, 0.2) is 0 Å². The lowest BCUT2D eigenvalue weighted by molar-refractivity contribution is 0.475. The Morgan fingerprint density at radius 1 is 0.871 bits per heavy atom.